The molecule has 7 heteroatoms. The molecule has 3 N–H and O–H groups in total. The molecule has 0 aromatic heterocycles. The van der Waals surface area contributed by atoms with E-state index in [4.69, 9.17) is 4.99 Å². The van der Waals surface area contributed by atoms with Crippen molar-refractivity contribution in [2.45, 2.75) is 58.7 Å². The van der Waals surface area contributed by atoms with Crippen LogP contribution in [0.5, 0.6) is 0 Å². The van der Waals surface area contributed by atoms with Crippen LogP contribution < -0.4 is 16.0 Å². The predicted octanol–water partition coefficient (Wildman–Crippen LogP) is 4.55. The summed E-state index contributed by atoms with van der Waals surface area (Å²) in [6, 6.07) is 18.9. The van der Waals surface area contributed by atoms with Crippen molar-refractivity contribution in [2.75, 3.05) is 26.2 Å². The Hall–Kier alpha value is -2.13. The predicted molar refractivity (Wildman–Crippen MR) is 152 cm³/mol. The number of unbranched alkanes of at least 4 members (excludes halogenated alkanes) is 1. The minimum absolute atomic E-state index is 0. The number of likely N-dealkylation sites (tertiary alicyclic amines) is 1. The van der Waals surface area contributed by atoms with Crippen molar-refractivity contribution < 1.29 is 4.79 Å². The molecule has 186 valence electrons. The lowest BCUT2D eigenvalue weighted by molar-refractivity contribution is 0.0953. The summed E-state index contributed by atoms with van der Waals surface area (Å²) in [6.07, 6.45) is 4.30. The summed E-state index contributed by atoms with van der Waals surface area (Å²) in [4.78, 5) is 19.5. The van der Waals surface area contributed by atoms with Crippen LogP contribution in [-0.2, 0) is 13.1 Å². The van der Waals surface area contributed by atoms with E-state index in [1.54, 1.807) is 0 Å². The van der Waals surface area contributed by atoms with Crippen LogP contribution in [0.2, 0.25) is 0 Å². The lowest BCUT2D eigenvalue weighted by atomic mass is 10.0. The number of carbonyl (C=O) groups is 1. The van der Waals surface area contributed by atoms with E-state index in [2.05, 4.69) is 65.0 Å². The Morgan fingerprint density at radius 2 is 1.68 bits per heavy atom. The molecule has 0 atom stereocenters. The molecule has 0 radical (unpaired) electrons. The highest BCUT2D eigenvalue weighted by Gasteiger charge is 2.20. The third-order valence-corrected chi connectivity index (χ3v) is 5.97. The van der Waals surface area contributed by atoms with Gasteiger partial charge in [0.1, 0.15) is 0 Å². The number of rotatable bonds is 10. The van der Waals surface area contributed by atoms with Crippen molar-refractivity contribution in [1.82, 2.24) is 20.9 Å². The van der Waals surface area contributed by atoms with Gasteiger partial charge in [-0.05, 0) is 49.4 Å². The van der Waals surface area contributed by atoms with Crippen LogP contribution >= 0.6 is 24.0 Å². The molecule has 34 heavy (non-hydrogen) atoms. The third-order valence-electron chi connectivity index (χ3n) is 5.97. The molecule has 2 aromatic carbocycles. The van der Waals surface area contributed by atoms with Gasteiger partial charge in [-0.3, -0.25) is 9.69 Å². The van der Waals surface area contributed by atoms with Gasteiger partial charge in [0.05, 0.1) is 6.54 Å². The maximum atomic E-state index is 12.2. The molecule has 1 aliphatic rings. The summed E-state index contributed by atoms with van der Waals surface area (Å²) in [5.74, 6) is 0.854. The third kappa shape index (κ3) is 9.62. The van der Waals surface area contributed by atoms with E-state index in [0.717, 1.165) is 69.9 Å². The van der Waals surface area contributed by atoms with E-state index < -0.39 is 0 Å². The molecule has 0 spiro atoms. The zero-order valence-corrected chi connectivity index (χ0v) is 22.9. The van der Waals surface area contributed by atoms with E-state index in [9.17, 15) is 4.79 Å². The number of benzene rings is 2. The van der Waals surface area contributed by atoms with Gasteiger partial charge in [-0.2, -0.15) is 0 Å². The minimum Gasteiger partial charge on any atom is -0.357 e. The zero-order valence-electron chi connectivity index (χ0n) is 20.6. The molecular formula is C27H40IN5O. The van der Waals surface area contributed by atoms with Crippen LogP contribution in [0.3, 0.4) is 0 Å². The Morgan fingerprint density at radius 3 is 2.32 bits per heavy atom. The van der Waals surface area contributed by atoms with Crippen LogP contribution in [0, 0.1) is 0 Å². The largest absolute Gasteiger partial charge is 0.357 e. The standard InChI is InChI=1S/C27H39N5O.HI/c1-3-5-17-29-26(33)24-13-11-22(12-14-24)20-30-27(28-4-2)31-25-15-18-32(19-16-25)21-23-9-7-6-8-10-23;/h6-14,25H,3-5,15-21H2,1-2H3,(H,29,33)(H2,28,30,31);1H. The molecule has 0 bridgehead atoms. The second kappa shape index (κ2) is 15.7. The van der Waals surface area contributed by atoms with Gasteiger partial charge < -0.3 is 16.0 Å². The van der Waals surface area contributed by atoms with Crippen LogP contribution in [0.4, 0.5) is 0 Å². The van der Waals surface area contributed by atoms with E-state index >= 15 is 0 Å². The van der Waals surface area contributed by atoms with E-state index in [1.807, 2.05) is 24.3 Å². The van der Waals surface area contributed by atoms with Gasteiger partial charge >= 0.3 is 0 Å². The first-order valence-corrected chi connectivity index (χ1v) is 12.4. The van der Waals surface area contributed by atoms with Crippen LogP contribution in [0.25, 0.3) is 0 Å². The first-order chi connectivity index (χ1) is 16.2. The number of halogens is 1. The summed E-state index contributed by atoms with van der Waals surface area (Å²) < 4.78 is 0. The fourth-order valence-electron chi connectivity index (χ4n) is 4.00. The molecule has 0 aliphatic carbocycles. The smallest absolute Gasteiger partial charge is 0.251 e. The first-order valence-electron chi connectivity index (χ1n) is 12.4. The number of guanidine groups is 1. The Labute approximate surface area is 222 Å². The molecule has 2 aromatic rings. The van der Waals surface area contributed by atoms with Gasteiger partial charge in [0.15, 0.2) is 5.96 Å². The van der Waals surface area contributed by atoms with Crippen molar-refractivity contribution in [2.24, 2.45) is 4.99 Å². The molecule has 6 nitrogen and oxygen atoms in total. The summed E-state index contributed by atoms with van der Waals surface area (Å²) in [5, 5.41) is 9.95. The number of nitrogens with one attached hydrogen (secondary N) is 3. The summed E-state index contributed by atoms with van der Waals surface area (Å²) in [5.41, 5.74) is 3.17. The number of piperidine rings is 1. The Balaban J connectivity index is 0.00000408. The molecule has 1 heterocycles. The quantitative estimate of drug-likeness (QED) is 0.168. The fourth-order valence-corrected chi connectivity index (χ4v) is 4.00. The van der Waals surface area contributed by atoms with E-state index in [0.29, 0.717) is 18.2 Å². The highest BCUT2D eigenvalue weighted by atomic mass is 127. The maximum Gasteiger partial charge on any atom is 0.251 e. The zero-order chi connectivity index (χ0) is 23.3. The molecule has 0 saturated carbocycles. The van der Waals surface area contributed by atoms with Crippen molar-refractivity contribution in [3.8, 4) is 0 Å². The van der Waals surface area contributed by atoms with Gasteiger partial charge in [0.25, 0.3) is 5.91 Å². The van der Waals surface area contributed by atoms with Crippen LogP contribution in [0.1, 0.15) is 61.0 Å². The number of amides is 1. The SMILES string of the molecule is CCCCNC(=O)c1ccc(CN=C(NCC)NC2CCN(Cc3ccccc3)CC2)cc1.I. The summed E-state index contributed by atoms with van der Waals surface area (Å²) in [6.45, 7) is 9.55. The number of nitrogens with zero attached hydrogens (tertiary/aromatic N) is 2. The van der Waals surface area contributed by atoms with Crippen LogP contribution in [-0.4, -0.2) is 49.0 Å². The number of carbonyl (C=O) groups excluding carboxylic acids is 1. The minimum atomic E-state index is -0.00730. The van der Waals surface area contributed by atoms with Gasteiger partial charge in [-0.25, -0.2) is 4.99 Å². The molecule has 3 rings (SSSR count). The normalized spacial score (nSPS) is 14.8. The second-order valence-corrected chi connectivity index (χ2v) is 8.68. The van der Waals surface area contributed by atoms with Gasteiger partial charge in [-0.1, -0.05) is 55.8 Å². The average Bonchev–Trinajstić information content (AvgIpc) is 2.85. The van der Waals surface area contributed by atoms with Gasteiger partial charge in [0, 0.05) is 44.3 Å². The van der Waals surface area contributed by atoms with Crippen molar-refractivity contribution in [3.05, 3.63) is 71.3 Å². The van der Waals surface area contributed by atoms with Gasteiger partial charge in [0.2, 0.25) is 0 Å². The number of hydrogen-bond acceptors (Lipinski definition) is 3. The average molecular weight is 578 g/mol. The monoisotopic (exact) mass is 577 g/mol. The Bertz CT molecular complexity index is 864. The van der Waals surface area contributed by atoms with Crippen molar-refractivity contribution in [3.63, 3.8) is 0 Å². The molecule has 1 saturated heterocycles. The first kappa shape index (κ1) is 28.1. The number of aliphatic imine (C=N–C) groups is 1. The topological polar surface area (TPSA) is 68.8 Å². The lowest BCUT2D eigenvalue weighted by Gasteiger charge is -2.33. The van der Waals surface area contributed by atoms with Crippen molar-refractivity contribution in [1.29, 1.82) is 0 Å². The van der Waals surface area contributed by atoms with E-state index in [-0.39, 0.29) is 29.9 Å². The van der Waals surface area contributed by atoms with Gasteiger partial charge in [-0.15, -0.1) is 24.0 Å². The lowest BCUT2D eigenvalue weighted by Crippen LogP contribution is -2.48. The summed E-state index contributed by atoms with van der Waals surface area (Å²) >= 11 is 0. The molecular weight excluding hydrogens is 537 g/mol. The number of hydrogen-bond donors (Lipinski definition) is 3. The van der Waals surface area contributed by atoms with Crippen molar-refractivity contribution >= 4 is 35.8 Å². The highest BCUT2D eigenvalue weighted by Crippen LogP contribution is 2.14. The molecule has 1 fully saturated rings. The fraction of sp³-hybridized carbons (Fsp3) is 0.481. The van der Waals surface area contributed by atoms with E-state index in [1.165, 1.54) is 5.56 Å². The summed E-state index contributed by atoms with van der Waals surface area (Å²) in [7, 11) is 0. The van der Waals surface area contributed by atoms with Crippen LogP contribution in [0.15, 0.2) is 59.6 Å². The molecule has 1 aliphatic heterocycles. The second-order valence-electron chi connectivity index (χ2n) is 8.68. The maximum absolute atomic E-state index is 12.2. The Kier molecular flexibility index (Phi) is 13.0. The molecule has 0 unspecified atom stereocenters. The Morgan fingerprint density at radius 1 is 0.971 bits per heavy atom. The highest BCUT2D eigenvalue weighted by molar-refractivity contribution is 14.0. The molecule has 1 amide bonds.